The van der Waals surface area contributed by atoms with E-state index in [0.717, 1.165) is 31.8 Å². The predicted molar refractivity (Wildman–Crippen MR) is 86.4 cm³/mol. The van der Waals surface area contributed by atoms with Crippen LogP contribution in [0, 0.1) is 13.8 Å². The molecule has 2 aromatic rings. The van der Waals surface area contributed by atoms with Gasteiger partial charge in [0.25, 0.3) is 0 Å². The number of aromatic nitrogens is 3. The van der Waals surface area contributed by atoms with E-state index in [9.17, 15) is 0 Å². The molecule has 114 valence electrons. The van der Waals surface area contributed by atoms with E-state index in [1.165, 1.54) is 16.7 Å². The fourth-order valence-corrected chi connectivity index (χ4v) is 2.86. The molecule has 0 spiro atoms. The summed E-state index contributed by atoms with van der Waals surface area (Å²) < 4.78 is 1.98. The van der Waals surface area contributed by atoms with Gasteiger partial charge < -0.3 is 5.32 Å². The normalized spacial score (nSPS) is 12.6. The Balaban J connectivity index is 2.30. The van der Waals surface area contributed by atoms with E-state index >= 15 is 0 Å². The molecule has 0 amide bonds. The Labute approximate surface area is 127 Å². The second-order valence-corrected chi connectivity index (χ2v) is 5.51. The summed E-state index contributed by atoms with van der Waals surface area (Å²) in [4.78, 5) is 4.43. The molecule has 1 aromatic heterocycles. The summed E-state index contributed by atoms with van der Waals surface area (Å²) in [6.45, 7) is 10.6. The van der Waals surface area contributed by atoms with Crippen LogP contribution in [-0.4, -0.2) is 21.3 Å². The second kappa shape index (κ2) is 7.36. The smallest absolute Gasteiger partial charge is 0.138 e. The van der Waals surface area contributed by atoms with Gasteiger partial charge in [0.05, 0.1) is 0 Å². The van der Waals surface area contributed by atoms with Crippen LogP contribution in [0.2, 0.25) is 0 Å². The highest BCUT2D eigenvalue weighted by molar-refractivity contribution is 5.36. The predicted octanol–water partition coefficient (Wildman–Crippen LogP) is 3.20. The summed E-state index contributed by atoms with van der Waals surface area (Å²) >= 11 is 0. The highest BCUT2D eigenvalue weighted by atomic mass is 15.3. The number of nitrogens with zero attached hydrogens (tertiary/aromatic N) is 3. The molecule has 2 rings (SSSR count). The molecule has 0 saturated heterocycles. The van der Waals surface area contributed by atoms with E-state index in [4.69, 9.17) is 0 Å². The quantitative estimate of drug-likeness (QED) is 0.850. The maximum atomic E-state index is 4.43. The fraction of sp³-hybridized carbons (Fsp3) is 0.529. The zero-order valence-electron chi connectivity index (χ0n) is 13.6. The van der Waals surface area contributed by atoms with Crippen LogP contribution in [0.25, 0.3) is 0 Å². The molecule has 4 nitrogen and oxygen atoms in total. The van der Waals surface area contributed by atoms with Crippen LogP contribution in [0.4, 0.5) is 0 Å². The van der Waals surface area contributed by atoms with E-state index in [2.05, 4.69) is 61.3 Å². The first-order valence-corrected chi connectivity index (χ1v) is 7.83. The fourth-order valence-electron chi connectivity index (χ4n) is 2.86. The SMILES string of the molecule is CCCNC(Cc1ncnn1CC)c1c(C)cccc1C. The van der Waals surface area contributed by atoms with Crippen LogP contribution in [0.15, 0.2) is 24.5 Å². The molecule has 0 aliphatic rings. The molecular weight excluding hydrogens is 260 g/mol. The maximum absolute atomic E-state index is 4.43. The number of hydrogen-bond acceptors (Lipinski definition) is 3. The van der Waals surface area contributed by atoms with E-state index in [-0.39, 0.29) is 0 Å². The number of hydrogen-bond donors (Lipinski definition) is 1. The molecule has 0 bridgehead atoms. The van der Waals surface area contributed by atoms with Crippen LogP contribution in [0.3, 0.4) is 0 Å². The Bertz CT molecular complexity index is 554. The standard InChI is InChI=1S/C17H26N4/c1-5-10-18-15(11-16-19-12-20-21(16)6-2)17-13(3)8-7-9-14(17)4/h7-9,12,15,18H,5-6,10-11H2,1-4H3. The lowest BCUT2D eigenvalue weighted by Crippen LogP contribution is -2.27. The number of rotatable bonds is 7. The third kappa shape index (κ3) is 3.70. The molecule has 0 radical (unpaired) electrons. The van der Waals surface area contributed by atoms with Crippen molar-refractivity contribution in [3.63, 3.8) is 0 Å². The lowest BCUT2D eigenvalue weighted by atomic mass is 9.93. The van der Waals surface area contributed by atoms with Gasteiger partial charge in [-0.25, -0.2) is 4.98 Å². The topological polar surface area (TPSA) is 42.7 Å². The van der Waals surface area contributed by atoms with Crippen molar-refractivity contribution < 1.29 is 0 Å². The van der Waals surface area contributed by atoms with Gasteiger partial charge in [-0.15, -0.1) is 0 Å². The van der Waals surface area contributed by atoms with Crippen LogP contribution in [0.5, 0.6) is 0 Å². The molecule has 21 heavy (non-hydrogen) atoms. The van der Waals surface area contributed by atoms with Gasteiger partial charge in [-0.3, -0.25) is 4.68 Å². The van der Waals surface area contributed by atoms with E-state index < -0.39 is 0 Å². The van der Waals surface area contributed by atoms with Crippen LogP contribution >= 0.6 is 0 Å². The molecule has 1 heterocycles. The van der Waals surface area contributed by atoms with Crippen molar-refractivity contribution in [1.29, 1.82) is 0 Å². The first-order chi connectivity index (χ1) is 10.2. The maximum Gasteiger partial charge on any atom is 0.138 e. The summed E-state index contributed by atoms with van der Waals surface area (Å²) in [5, 5.41) is 7.96. The van der Waals surface area contributed by atoms with Crippen LogP contribution < -0.4 is 5.32 Å². The Morgan fingerprint density at radius 3 is 2.52 bits per heavy atom. The van der Waals surface area contributed by atoms with Crippen molar-refractivity contribution in [2.75, 3.05) is 6.54 Å². The molecule has 1 unspecified atom stereocenters. The minimum absolute atomic E-state index is 0.292. The van der Waals surface area contributed by atoms with E-state index in [1.807, 2.05) is 4.68 Å². The summed E-state index contributed by atoms with van der Waals surface area (Å²) in [5.74, 6) is 1.05. The third-order valence-electron chi connectivity index (χ3n) is 3.91. The Kier molecular flexibility index (Phi) is 5.51. The Hall–Kier alpha value is -1.68. The molecular formula is C17H26N4. The number of nitrogens with one attached hydrogen (secondary N) is 1. The van der Waals surface area contributed by atoms with Gasteiger partial charge in [-0.1, -0.05) is 25.1 Å². The van der Waals surface area contributed by atoms with Gasteiger partial charge in [0, 0.05) is 19.0 Å². The first-order valence-electron chi connectivity index (χ1n) is 7.83. The van der Waals surface area contributed by atoms with Crippen LogP contribution in [-0.2, 0) is 13.0 Å². The second-order valence-electron chi connectivity index (χ2n) is 5.51. The average molecular weight is 286 g/mol. The van der Waals surface area contributed by atoms with E-state index in [0.29, 0.717) is 6.04 Å². The number of aryl methyl sites for hydroxylation is 3. The summed E-state index contributed by atoms with van der Waals surface area (Å²) in [5.41, 5.74) is 4.08. The lowest BCUT2D eigenvalue weighted by Gasteiger charge is -2.23. The minimum atomic E-state index is 0.292. The minimum Gasteiger partial charge on any atom is -0.310 e. The van der Waals surface area contributed by atoms with Crippen molar-refractivity contribution in [2.45, 2.75) is 53.1 Å². The van der Waals surface area contributed by atoms with Crippen molar-refractivity contribution >= 4 is 0 Å². The zero-order chi connectivity index (χ0) is 15.2. The van der Waals surface area contributed by atoms with Crippen molar-refractivity contribution in [3.8, 4) is 0 Å². The zero-order valence-corrected chi connectivity index (χ0v) is 13.6. The van der Waals surface area contributed by atoms with Crippen molar-refractivity contribution in [1.82, 2.24) is 20.1 Å². The summed E-state index contributed by atoms with van der Waals surface area (Å²) in [6.07, 6.45) is 3.65. The molecule has 1 N–H and O–H groups in total. The molecule has 0 aliphatic heterocycles. The average Bonchev–Trinajstić information content (AvgIpc) is 2.91. The summed E-state index contributed by atoms with van der Waals surface area (Å²) in [6, 6.07) is 6.79. The van der Waals surface area contributed by atoms with Gasteiger partial charge in [-0.2, -0.15) is 5.10 Å². The summed E-state index contributed by atoms with van der Waals surface area (Å²) in [7, 11) is 0. The molecule has 0 saturated carbocycles. The van der Waals surface area contributed by atoms with Gasteiger partial charge in [-0.05, 0) is 50.4 Å². The molecule has 1 atom stereocenters. The molecule has 4 heteroatoms. The van der Waals surface area contributed by atoms with Crippen molar-refractivity contribution in [2.24, 2.45) is 0 Å². The van der Waals surface area contributed by atoms with Gasteiger partial charge >= 0.3 is 0 Å². The van der Waals surface area contributed by atoms with Gasteiger partial charge in [0.2, 0.25) is 0 Å². The third-order valence-corrected chi connectivity index (χ3v) is 3.91. The highest BCUT2D eigenvalue weighted by Gasteiger charge is 2.18. The van der Waals surface area contributed by atoms with Gasteiger partial charge in [0.15, 0.2) is 0 Å². The molecule has 0 fully saturated rings. The van der Waals surface area contributed by atoms with Gasteiger partial charge in [0.1, 0.15) is 12.2 Å². The lowest BCUT2D eigenvalue weighted by molar-refractivity contribution is 0.493. The van der Waals surface area contributed by atoms with Crippen LogP contribution in [0.1, 0.15) is 48.8 Å². The first kappa shape index (κ1) is 15.7. The molecule has 1 aromatic carbocycles. The Morgan fingerprint density at radius 1 is 1.19 bits per heavy atom. The molecule has 0 aliphatic carbocycles. The van der Waals surface area contributed by atoms with E-state index in [1.54, 1.807) is 6.33 Å². The Morgan fingerprint density at radius 2 is 1.90 bits per heavy atom. The highest BCUT2D eigenvalue weighted by Crippen LogP contribution is 2.24. The number of benzene rings is 1. The largest absolute Gasteiger partial charge is 0.310 e. The van der Waals surface area contributed by atoms with Crippen molar-refractivity contribution in [3.05, 3.63) is 47.0 Å². The monoisotopic (exact) mass is 286 g/mol.